The Labute approximate surface area is 143 Å². The lowest BCUT2D eigenvalue weighted by molar-refractivity contribution is -0.907. The van der Waals surface area contributed by atoms with Crippen LogP contribution in [0.5, 0.6) is 0 Å². The molecule has 2 aromatic carbocycles. The Kier molecular flexibility index (Phi) is 4.54. The molecule has 2 atom stereocenters. The van der Waals surface area contributed by atoms with E-state index in [1.165, 1.54) is 16.0 Å². The number of rotatable bonds is 5. The van der Waals surface area contributed by atoms with Gasteiger partial charge in [0.1, 0.15) is 12.6 Å². The molecule has 0 aliphatic carbocycles. The van der Waals surface area contributed by atoms with Crippen molar-refractivity contribution in [1.29, 1.82) is 0 Å². The number of carbonyl (C=O) groups excluding carboxylic acids is 1. The molecule has 0 amide bonds. The summed E-state index contributed by atoms with van der Waals surface area (Å²) in [6.45, 7) is 6.98. The van der Waals surface area contributed by atoms with Crippen molar-refractivity contribution in [3.63, 3.8) is 0 Å². The number of quaternary nitrogens is 1. The molecule has 0 saturated heterocycles. The zero-order valence-electron chi connectivity index (χ0n) is 14.8. The molecule has 3 heteroatoms. The topological polar surface area (TPSA) is 37.3 Å². The van der Waals surface area contributed by atoms with Gasteiger partial charge in [-0.25, -0.2) is 0 Å². The number of aryl methyl sites for hydroxylation is 2. The molecule has 1 heterocycles. The van der Waals surface area contributed by atoms with Crippen LogP contribution in [0.4, 0.5) is 0 Å². The second-order valence-corrected chi connectivity index (χ2v) is 6.71. The minimum Gasteiger partial charge on any atom is -0.358 e. The van der Waals surface area contributed by atoms with Crippen molar-refractivity contribution in [1.82, 2.24) is 4.98 Å². The second kappa shape index (κ2) is 6.62. The number of hydrogen-bond acceptors (Lipinski definition) is 1. The monoisotopic (exact) mass is 321 g/mol. The predicted octanol–water partition coefficient (Wildman–Crippen LogP) is 3.07. The molecule has 0 saturated carbocycles. The van der Waals surface area contributed by atoms with Gasteiger partial charge in [0, 0.05) is 22.2 Å². The molecule has 3 rings (SSSR count). The minimum atomic E-state index is -0.0949. The van der Waals surface area contributed by atoms with E-state index in [2.05, 4.69) is 43.2 Å². The molecule has 0 spiro atoms. The van der Waals surface area contributed by atoms with Crippen molar-refractivity contribution in [2.45, 2.75) is 33.4 Å². The largest absolute Gasteiger partial charge is 0.358 e. The highest BCUT2D eigenvalue weighted by atomic mass is 16.1. The molecule has 1 aromatic heterocycles. The predicted molar refractivity (Wildman–Crippen MR) is 98.6 cm³/mol. The number of hydrogen-bond donors (Lipinski definition) is 2. The summed E-state index contributed by atoms with van der Waals surface area (Å²) in [5, 5.41) is 1.02. The van der Waals surface area contributed by atoms with Crippen LogP contribution in [0.1, 0.15) is 34.1 Å². The van der Waals surface area contributed by atoms with Gasteiger partial charge in [-0.1, -0.05) is 42.5 Å². The highest BCUT2D eigenvalue weighted by molar-refractivity contribution is 6.10. The number of carbonyl (C=O) groups is 1. The van der Waals surface area contributed by atoms with Crippen LogP contribution < -0.4 is 4.90 Å². The standard InChI is InChI=1S/C21H24N2O/c1-14-9-5-6-10-17(14)13-23(4)16(3)21(24)20-15(2)22-19-12-8-7-11-18(19)20/h5-12,16,22H,13H2,1-4H3/p+1/t16-/m1/s1. The second-order valence-electron chi connectivity index (χ2n) is 6.71. The van der Waals surface area contributed by atoms with Crippen LogP contribution in [0.3, 0.4) is 0 Å². The molecule has 1 unspecified atom stereocenters. The molecule has 0 radical (unpaired) electrons. The first-order valence-electron chi connectivity index (χ1n) is 8.47. The number of nitrogens with one attached hydrogen (secondary N) is 2. The van der Waals surface area contributed by atoms with Gasteiger partial charge in [-0.05, 0) is 32.4 Å². The number of ketones is 1. The van der Waals surface area contributed by atoms with Gasteiger partial charge in [0.15, 0.2) is 0 Å². The third-order valence-electron chi connectivity index (χ3n) is 5.00. The van der Waals surface area contributed by atoms with Crippen LogP contribution in [-0.2, 0) is 6.54 Å². The minimum absolute atomic E-state index is 0.0949. The summed E-state index contributed by atoms with van der Waals surface area (Å²) in [5.74, 6) is 0.205. The molecule has 3 aromatic rings. The molecule has 24 heavy (non-hydrogen) atoms. The van der Waals surface area contributed by atoms with E-state index in [9.17, 15) is 4.79 Å². The van der Waals surface area contributed by atoms with Crippen molar-refractivity contribution >= 4 is 16.7 Å². The molecule has 0 bridgehead atoms. The zero-order chi connectivity index (χ0) is 17.3. The molecule has 0 fully saturated rings. The van der Waals surface area contributed by atoms with Crippen LogP contribution in [0.2, 0.25) is 0 Å². The Morgan fingerprint density at radius 3 is 2.50 bits per heavy atom. The van der Waals surface area contributed by atoms with Crippen molar-refractivity contribution in [3.05, 3.63) is 70.9 Å². The summed E-state index contributed by atoms with van der Waals surface area (Å²) in [5.41, 5.74) is 5.39. The molecular formula is C21H25N2O+. The number of benzene rings is 2. The maximum absolute atomic E-state index is 13.1. The third-order valence-corrected chi connectivity index (χ3v) is 5.00. The van der Waals surface area contributed by atoms with E-state index in [1.54, 1.807) is 0 Å². The van der Waals surface area contributed by atoms with Gasteiger partial charge in [0.05, 0.1) is 12.6 Å². The van der Waals surface area contributed by atoms with Gasteiger partial charge in [-0.3, -0.25) is 4.79 Å². The highest BCUT2D eigenvalue weighted by Crippen LogP contribution is 2.22. The van der Waals surface area contributed by atoms with E-state index >= 15 is 0 Å². The summed E-state index contributed by atoms with van der Waals surface area (Å²) >= 11 is 0. The summed E-state index contributed by atoms with van der Waals surface area (Å²) in [6.07, 6.45) is 0. The van der Waals surface area contributed by atoms with Crippen LogP contribution in [0.15, 0.2) is 48.5 Å². The van der Waals surface area contributed by atoms with Crippen molar-refractivity contribution in [2.75, 3.05) is 7.05 Å². The van der Waals surface area contributed by atoms with E-state index in [0.717, 1.165) is 28.7 Å². The first-order chi connectivity index (χ1) is 11.5. The van der Waals surface area contributed by atoms with Crippen LogP contribution >= 0.6 is 0 Å². The number of fused-ring (bicyclic) bond motifs is 1. The van der Waals surface area contributed by atoms with Crippen LogP contribution in [0, 0.1) is 13.8 Å². The molecule has 124 valence electrons. The van der Waals surface area contributed by atoms with Gasteiger partial charge >= 0.3 is 0 Å². The molecular weight excluding hydrogens is 296 g/mol. The van der Waals surface area contributed by atoms with Gasteiger partial charge in [-0.2, -0.15) is 0 Å². The van der Waals surface area contributed by atoms with E-state index in [-0.39, 0.29) is 11.8 Å². The average Bonchev–Trinajstić information content (AvgIpc) is 2.91. The molecule has 2 N–H and O–H groups in total. The first kappa shape index (κ1) is 16.5. The smallest absolute Gasteiger partial charge is 0.222 e. The maximum atomic E-state index is 13.1. The molecule has 3 nitrogen and oxygen atoms in total. The van der Waals surface area contributed by atoms with E-state index in [4.69, 9.17) is 0 Å². The first-order valence-corrected chi connectivity index (χ1v) is 8.47. The lowest BCUT2D eigenvalue weighted by atomic mass is 10.0. The number of likely N-dealkylation sites (N-methyl/N-ethyl adjacent to an activating group) is 1. The van der Waals surface area contributed by atoms with Gasteiger partial charge in [-0.15, -0.1) is 0 Å². The highest BCUT2D eigenvalue weighted by Gasteiger charge is 2.27. The normalized spacial score (nSPS) is 13.8. The fourth-order valence-electron chi connectivity index (χ4n) is 3.30. The summed E-state index contributed by atoms with van der Waals surface area (Å²) in [6, 6.07) is 16.3. The number of aromatic amines is 1. The lowest BCUT2D eigenvalue weighted by Crippen LogP contribution is -3.12. The molecule has 0 aliphatic heterocycles. The Bertz CT molecular complexity index is 878. The van der Waals surface area contributed by atoms with Crippen molar-refractivity contribution < 1.29 is 9.69 Å². The number of Topliss-reactive ketones (excluding diaryl/α,β-unsaturated/α-hetero) is 1. The van der Waals surface area contributed by atoms with Gasteiger partial charge < -0.3 is 9.88 Å². The van der Waals surface area contributed by atoms with Crippen molar-refractivity contribution in [3.8, 4) is 0 Å². The number of para-hydroxylation sites is 1. The number of H-pyrrole nitrogens is 1. The summed E-state index contributed by atoms with van der Waals surface area (Å²) in [4.78, 5) is 17.7. The maximum Gasteiger partial charge on any atom is 0.222 e. The average molecular weight is 321 g/mol. The fraction of sp³-hybridized carbons (Fsp3) is 0.286. The van der Waals surface area contributed by atoms with E-state index in [1.807, 2.05) is 38.1 Å². The Morgan fingerprint density at radius 2 is 1.75 bits per heavy atom. The Balaban J connectivity index is 1.86. The van der Waals surface area contributed by atoms with Gasteiger partial charge in [0.25, 0.3) is 0 Å². The van der Waals surface area contributed by atoms with Gasteiger partial charge in [0.2, 0.25) is 5.78 Å². The van der Waals surface area contributed by atoms with E-state index < -0.39 is 0 Å². The van der Waals surface area contributed by atoms with Crippen LogP contribution in [0.25, 0.3) is 10.9 Å². The third kappa shape index (κ3) is 3.00. The summed E-state index contributed by atoms with van der Waals surface area (Å²) < 4.78 is 0. The molecule has 0 aliphatic rings. The SMILES string of the molecule is Cc1ccccc1C[NH+](C)[C@H](C)C(=O)c1c(C)[nH]c2ccccc12. The number of aromatic nitrogens is 1. The Morgan fingerprint density at radius 1 is 1.08 bits per heavy atom. The van der Waals surface area contributed by atoms with Crippen molar-refractivity contribution in [2.24, 2.45) is 0 Å². The lowest BCUT2D eigenvalue weighted by Gasteiger charge is -2.21. The quantitative estimate of drug-likeness (QED) is 0.696. The zero-order valence-corrected chi connectivity index (χ0v) is 14.8. The Hall–Kier alpha value is -2.39. The van der Waals surface area contributed by atoms with Crippen LogP contribution in [-0.4, -0.2) is 23.9 Å². The fourth-order valence-corrected chi connectivity index (χ4v) is 3.30. The van der Waals surface area contributed by atoms with E-state index in [0.29, 0.717) is 0 Å². The summed E-state index contributed by atoms with van der Waals surface area (Å²) in [7, 11) is 2.10.